The Morgan fingerprint density at radius 1 is 0.842 bits per heavy atom. The molecule has 0 unspecified atom stereocenters. The number of hydrogen-bond donors (Lipinski definition) is 0. The van der Waals surface area contributed by atoms with Gasteiger partial charge in [0.15, 0.2) is 6.73 Å². The van der Waals surface area contributed by atoms with Gasteiger partial charge in [0.2, 0.25) is 0 Å². The molecule has 0 bridgehead atoms. The van der Waals surface area contributed by atoms with Gasteiger partial charge in [-0.3, -0.25) is 9.10 Å². The molecule has 0 atom stereocenters. The molecule has 0 N–H and O–H groups in total. The number of hydrogen-bond acceptors (Lipinski definition) is 8. The molecule has 38 heavy (non-hydrogen) atoms. The fourth-order valence-corrected chi connectivity index (χ4v) is 6.34. The number of methoxy groups -OCH3 is 1. The summed E-state index contributed by atoms with van der Waals surface area (Å²) < 4.78 is 65.9. The standard InChI is InChI=1S/C26H25N3O7S2/c1-19-8-12-21(13-9-19)37(31,32)28(2)26-24-7-5-4-6-23(24)25(16-27-26)29(17-36-18-30)38(33,34)22-14-10-20(35-3)11-15-22/h4-16,18H,17H2,1-3H3. The second-order valence-corrected chi connectivity index (χ2v) is 12.1. The van der Waals surface area contributed by atoms with Crippen LogP contribution >= 0.6 is 0 Å². The largest absolute Gasteiger partial charge is 0.497 e. The van der Waals surface area contributed by atoms with E-state index in [0.29, 0.717) is 16.5 Å². The summed E-state index contributed by atoms with van der Waals surface area (Å²) in [5, 5.41) is 0.763. The predicted molar refractivity (Wildman–Crippen MR) is 143 cm³/mol. The third kappa shape index (κ3) is 5.00. The zero-order chi connectivity index (χ0) is 27.5. The quantitative estimate of drug-likeness (QED) is 0.214. The molecule has 4 aromatic rings. The zero-order valence-corrected chi connectivity index (χ0v) is 22.4. The molecule has 1 aromatic heterocycles. The van der Waals surface area contributed by atoms with E-state index in [4.69, 9.17) is 9.47 Å². The molecular formula is C26H25N3O7S2. The zero-order valence-electron chi connectivity index (χ0n) is 20.8. The van der Waals surface area contributed by atoms with Crippen LogP contribution in [0.1, 0.15) is 5.56 Å². The maximum atomic E-state index is 13.6. The average Bonchev–Trinajstić information content (AvgIpc) is 2.93. The van der Waals surface area contributed by atoms with Crippen LogP contribution in [0.5, 0.6) is 5.75 Å². The third-order valence-corrected chi connectivity index (χ3v) is 9.42. The van der Waals surface area contributed by atoms with Crippen molar-refractivity contribution in [1.82, 2.24) is 4.98 Å². The molecule has 0 aliphatic rings. The third-order valence-electron chi connectivity index (χ3n) is 5.91. The first-order valence-corrected chi connectivity index (χ1v) is 14.1. The molecule has 0 radical (unpaired) electrons. The van der Waals surface area contributed by atoms with Crippen molar-refractivity contribution in [2.45, 2.75) is 16.7 Å². The summed E-state index contributed by atoms with van der Waals surface area (Å²) in [5.74, 6) is 0.567. The van der Waals surface area contributed by atoms with Crippen LogP contribution in [0.4, 0.5) is 11.5 Å². The Balaban J connectivity index is 1.85. The van der Waals surface area contributed by atoms with Crippen LogP contribution in [0.15, 0.2) is 88.8 Å². The van der Waals surface area contributed by atoms with Crippen LogP contribution in [0.25, 0.3) is 10.8 Å². The summed E-state index contributed by atoms with van der Waals surface area (Å²) in [6.07, 6.45) is 1.24. The molecule has 0 amide bonds. The van der Waals surface area contributed by atoms with Gasteiger partial charge in [-0.25, -0.2) is 26.1 Å². The number of anilines is 2. The molecule has 0 spiro atoms. The molecule has 1 heterocycles. The van der Waals surface area contributed by atoms with Gasteiger partial charge >= 0.3 is 0 Å². The Morgan fingerprint density at radius 2 is 1.42 bits per heavy atom. The first-order valence-electron chi connectivity index (χ1n) is 11.3. The van der Waals surface area contributed by atoms with Crippen molar-refractivity contribution in [2.24, 2.45) is 0 Å². The fourth-order valence-electron chi connectivity index (χ4n) is 3.84. The second-order valence-electron chi connectivity index (χ2n) is 8.22. The van der Waals surface area contributed by atoms with Crippen molar-refractivity contribution >= 4 is 48.8 Å². The summed E-state index contributed by atoms with van der Waals surface area (Å²) in [5.41, 5.74) is 1.01. The van der Waals surface area contributed by atoms with E-state index < -0.39 is 26.8 Å². The summed E-state index contributed by atoms with van der Waals surface area (Å²) in [7, 11) is -5.36. The Kier molecular flexibility index (Phi) is 7.56. The molecule has 0 aliphatic carbocycles. The van der Waals surface area contributed by atoms with E-state index in [1.165, 1.54) is 56.8 Å². The van der Waals surface area contributed by atoms with E-state index in [2.05, 4.69) is 4.98 Å². The Hall–Kier alpha value is -4.16. The number of aryl methyl sites for hydroxylation is 1. The minimum atomic E-state index is -4.23. The fraction of sp³-hybridized carbons (Fsp3) is 0.154. The number of rotatable bonds is 10. The van der Waals surface area contributed by atoms with Gasteiger partial charge in [-0.15, -0.1) is 0 Å². The highest BCUT2D eigenvalue weighted by atomic mass is 32.2. The Labute approximate surface area is 221 Å². The topological polar surface area (TPSA) is 123 Å². The maximum absolute atomic E-state index is 13.6. The van der Waals surface area contributed by atoms with Crippen LogP contribution in [0, 0.1) is 6.92 Å². The van der Waals surface area contributed by atoms with Crippen molar-refractivity contribution < 1.29 is 31.1 Å². The summed E-state index contributed by atoms with van der Waals surface area (Å²) in [6, 6.07) is 18.8. The summed E-state index contributed by atoms with van der Waals surface area (Å²) in [4.78, 5) is 15.4. The lowest BCUT2D eigenvalue weighted by Crippen LogP contribution is -2.34. The van der Waals surface area contributed by atoms with Crippen molar-refractivity contribution in [3.05, 3.63) is 84.6 Å². The number of fused-ring (bicyclic) bond motifs is 1. The van der Waals surface area contributed by atoms with Gasteiger partial charge in [0.1, 0.15) is 11.6 Å². The van der Waals surface area contributed by atoms with E-state index in [0.717, 1.165) is 14.2 Å². The van der Waals surface area contributed by atoms with Crippen LogP contribution in [0.2, 0.25) is 0 Å². The molecular weight excluding hydrogens is 530 g/mol. The molecule has 10 nitrogen and oxygen atoms in total. The van der Waals surface area contributed by atoms with E-state index >= 15 is 0 Å². The van der Waals surface area contributed by atoms with Crippen molar-refractivity contribution in [2.75, 3.05) is 29.5 Å². The molecule has 12 heteroatoms. The molecule has 198 valence electrons. The van der Waals surface area contributed by atoms with Gasteiger partial charge in [-0.2, -0.15) is 0 Å². The van der Waals surface area contributed by atoms with Crippen LogP contribution in [-0.4, -0.2) is 49.2 Å². The lowest BCUT2D eigenvalue weighted by Gasteiger charge is -2.26. The number of ether oxygens (including phenoxy) is 2. The van der Waals surface area contributed by atoms with E-state index in [9.17, 15) is 21.6 Å². The highest BCUT2D eigenvalue weighted by molar-refractivity contribution is 7.93. The van der Waals surface area contributed by atoms with E-state index in [1.54, 1.807) is 36.4 Å². The molecule has 0 aliphatic heterocycles. The monoisotopic (exact) mass is 555 g/mol. The van der Waals surface area contributed by atoms with E-state index in [-0.39, 0.29) is 27.8 Å². The molecule has 0 saturated heterocycles. The van der Waals surface area contributed by atoms with Gasteiger partial charge in [-0.05, 0) is 43.3 Å². The number of carbonyl (C=O) groups excluding carboxylic acids is 1. The van der Waals surface area contributed by atoms with Gasteiger partial charge in [0, 0.05) is 17.8 Å². The lowest BCUT2D eigenvalue weighted by atomic mass is 10.1. The first-order chi connectivity index (χ1) is 18.1. The van der Waals surface area contributed by atoms with Crippen molar-refractivity contribution in [3.8, 4) is 5.75 Å². The number of nitrogens with zero attached hydrogens (tertiary/aromatic N) is 3. The Bertz CT molecular complexity index is 1670. The predicted octanol–water partition coefficient (Wildman–Crippen LogP) is 3.70. The van der Waals surface area contributed by atoms with Crippen LogP contribution in [-0.2, 0) is 29.6 Å². The SMILES string of the molecule is COc1ccc(S(=O)(=O)N(COC=O)c2cnc(N(C)S(=O)(=O)c3ccc(C)cc3)c3ccccc23)cc1. The molecule has 0 fully saturated rings. The van der Waals surface area contributed by atoms with Gasteiger partial charge in [-0.1, -0.05) is 42.0 Å². The van der Waals surface area contributed by atoms with Gasteiger partial charge in [0.25, 0.3) is 26.5 Å². The van der Waals surface area contributed by atoms with Crippen LogP contribution in [0.3, 0.4) is 0 Å². The number of sulfonamides is 2. The molecule has 3 aromatic carbocycles. The minimum absolute atomic E-state index is 0.0694. The second kappa shape index (κ2) is 10.7. The smallest absolute Gasteiger partial charge is 0.294 e. The normalized spacial score (nSPS) is 11.7. The van der Waals surface area contributed by atoms with Crippen LogP contribution < -0.4 is 13.3 Å². The van der Waals surface area contributed by atoms with Crippen molar-refractivity contribution in [1.29, 1.82) is 0 Å². The Morgan fingerprint density at radius 3 is 2.03 bits per heavy atom. The van der Waals surface area contributed by atoms with Gasteiger partial charge < -0.3 is 9.47 Å². The number of aromatic nitrogens is 1. The lowest BCUT2D eigenvalue weighted by molar-refractivity contribution is -0.128. The molecule has 4 rings (SSSR count). The molecule has 0 saturated carbocycles. The highest BCUT2D eigenvalue weighted by Gasteiger charge is 2.30. The minimum Gasteiger partial charge on any atom is -0.497 e. The summed E-state index contributed by atoms with van der Waals surface area (Å²) in [6.45, 7) is 1.37. The van der Waals surface area contributed by atoms with Crippen molar-refractivity contribution in [3.63, 3.8) is 0 Å². The maximum Gasteiger partial charge on any atom is 0.294 e. The number of benzene rings is 3. The first kappa shape index (κ1) is 26.9. The highest BCUT2D eigenvalue weighted by Crippen LogP contribution is 2.36. The number of carbonyl (C=O) groups is 1. The summed E-state index contributed by atoms with van der Waals surface area (Å²) >= 11 is 0. The average molecular weight is 556 g/mol. The van der Waals surface area contributed by atoms with E-state index in [1.807, 2.05) is 6.92 Å². The van der Waals surface area contributed by atoms with Gasteiger partial charge in [0.05, 0.1) is 28.8 Å². The number of pyridine rings is 1.